The van der Waals surface area contributed by atoms with Gasteiger partial charge in [-0.1, -0.05) is 6.07 Å². The van der Waals surface area contributed by atoms with E-state index in [-0.39, 0.29) is 0 Å². The smallest absolute Gasteiger partial charge is 0.195 e. The van der Waals surface area contributed by atoms with E-state index in [0.29, 0.717) is 5.56 Å². The maximum atomic E-state index is 9.18. The fourth-order valence-corrected chi connectivity index (χ4v) is 2.36. The molecule has 0 aliphatic heterocycles. The molecule has 1 aromatic carbocycles. The molecule has 0 fully saturated rings. The van der Waals surface area contributed by atoms with E-state index in [1.165, 1.54) is 11.8 Å². The van der Waals surface area contributed by atoms with E-state index in [1.807, 2.05) is 36.9 Å². The highest BCUT2D eigenvalue weighted by atomic mass is 32.2. The van der Waals surface area contributed by atoms with Gasteiger partial charge in [0.05, 0.1) is 5.56 Å². The second-order valence-corrected chi connectivity index (χ2v) is 4.81. The minimum Gasteiger partial charge on any atom is -0.316 e. The van der Waals surface area contributed by atoms with Gasteiger partial charge in [0.25, 0.3) is 0 Å². The predicted octanol–water partition coefficient (Wildman–Crippen LogP) is 1.56. The molecule has 1 heterocycles. The number of benzene rings is 1. The van der Waals surface area contributed by atoms with Crippen LogP contribution in [0.2, 0.25) is 0 Å². The Labute approximate surface area is 110 Å². The zero-order chi connectivity index (χ0) is 13.0. The molecule has 0 aliphatic rings. The fourth-order valence-electron chi connectivity index (χ4n) is 1.53. The number of nitrogens with zero attached hydrogens (tertiary/aromatic N) is 4. The predicted molar refractivity (Wildman–Crippen MR) is 69.0 cm³/mol. The van der Waals surface area contributed by atoms with Gasteiger partial charge >= 0.3 is 0 Å². The summed E-state index contributed by atoms with van der Waals surface area (Å²) in [6.45, 7) is 0.754. The van der Waals surface area contributed by atoms with Crippen molar-refractivity contribution in [3.05, 3.63) is 35.7 Å². The second-order valence-electron chi connectivity index (χ2n) is 3.80. The molecule has 2 rings (SSSR count). The van der Waals surface area contributed by atoms with Crippen molar-refractivity contribution in [3.8, 4) is 6.07 Å². The van der Waals surface area contributed by atoms with Crippen LogP contribution in [0.3, 0.4) is 0 Å². The number of nitriles is 1. The largest absolute Gasteiger partial charge is 0.316 e. The molecular weight excluding hydrogens is 246 g/mol. The Bertz CT molecular complexity index is 584. The van der Waals surface area contributed by atoms with Crippen LogP contribution < -0.4 is 5.32 Å². The highest BCUT2D eigenvalue weighted by molar-refractivity contribution is 7.99. The molecule has 0 atom stereocenters. The number of aromatic nitrogens is 3. The van der Waals surface area contributed by atoms with Crippen molar-refractivity contribution in [2.24, 2.45) is 7.05 Å². The normalized spacial score (nSPS) is 10.3. The van der Waals surface area contributed by atoms with Gasteiger partial charge in [0, 0.05) is 18.5 Å². The Morgan fingerprint density at radius 1 is 1.50 bits per heavy atom. The van der Waals surface area contributed by atoms with Crippen LogP contribution >= 0.6 is 11.8 Å². The summed E-state index contributed by atoms with van der Waals surface area (Å²) >= 11 is 1.45. The molecule has 0 saturated heterocycles. The Morgan fingerprint density at radius 3 is 2.94 bits per heavy atom. The minimum absolute atomic E-state index is 0.663. The van der Waals surface area contributed by atoms with Gasteiger partial charge in [-0.15, -0.1) is 10.2 Å². The van der Waals surface area contributed by atoms with Crippen LogP contribution in [0.4, 0.5) is 0 Å². The van der Waals surface area contributed by atoms with Crippen molar-refractivity contribution < 1.29 is 0 Å². The quantitative estimate of drug-likeness (QED) is 0.902. The van der Waals surface area contributed by atoms with E-state index >= 15 is 0 Å². The van der Waals surface area contributed by atoms with E-state index in [4.69, 9.17) is 0 Å². The molecule has 2 aromatic rings. The van der Waals surface area contributed by atoms with Crippen LogP contribution in [-0.4, -0.2) is 21.8 Å². The van der Waals surface area contributed by atoms with Gasteiger partial charge in [-0.25, -0.2) is 0 Å². The van der Waals surface area contributed by atoms with Crippen molar-refractivity contribution in [1.82, 2.24) is 20.1 Å². The van der Waals surface area contributed by atoms with Crippen LogP contribution in [0.1, 0.15) is 11.1 Å². The maximum Gasteiger partial charge on any atom is 0.195 e. The maximum absolute atomic E-state index is 9.18. The molecule has 18 heavy (non-hydrogen) atoms. The molecule has 0 saturated carbocycles. The van der Waals surface area contributed by atoms with Crippen molar-refractivity contribution in [3.63, 3.8) is 0 Å². The van der Waals surface area contributed by atoms with Crippen molar-refractivity contribution in [2.75, 3.05) is 7.05 Å². The SMILES string of the molecule is CNCc1ccc(Sc2nncn2C)c(C#N)c1. The molecule has 6 heteroatoms. The van der Waals surface area contributed by atoms with E-state index in [1.54, 1.807) is 6.33 Å². The van der Waals surface area contributed by atoms with Crippen LogP contribution in [-0.2, 0) is 13.6 Å². The van der Waals surface area contributed by atoms with E-state index < -0.39 is 0 Å². The summed E-state index contributed by atoms with van der Waals surface area (Å²) in [6.07, 6.45) is 1.64. The lowest BCUT2D eigenvalue weighted by atomic mass is 10.1. The summed E-state index contributed by atoms with van der Waals surface area (Å²) in [7, 11) is 3.76. The zero-order valence-corrected chi connectivity index (χ0v) is 11.0. The van der Waals surface area contributed by atoms with E-state index in [2.05, 4.69) is 21.6 Å². The Morgan fingerprint density at radius 2 is 2.33 bits per heavy atom. The van der Waals surface area contributed by atoms with Gasteiger partial charge in [-0.05, 0) is 36.5 Å². The summed E-state index contributed by atoms with van der Waals surface area (Å²) in [4.78, 5) is 0.897. The monoisotopic (exact) mass is 259 g/mol. The van der Waals surface area contributed by atoms with Crippen molar-refractivity contribution in [1.29, 1.82) is 5.26 Å². The lowest BCUT2D eigenvalue weighted by Gasteiger charge is -2.06. The number of rotatable bonds is 4. The fraction of sp³-hybridized carbons (Fsp3) is 0.250. The van der Waals surface area contributed by atoms with Gasteiger partial charge in [-0.2, -0.15) is 5.26 Å². The first-order valence-corrected chi connectivity index (χ1v) is 6.25. The lowest BCUT2D eigenvalue weighted by Crippen LogP contribution is -2.05. The highest BCUT2D eigenvalue weighted by Gasteiger charge is 2.09. The summed E-state index contributed by atoms with van der Waals surface area (Å²) < 4.78 is 1.83. The third kappa shape index (κ3) is 2.70. The molecule has 0 amide bonds. The average molecular weight is 259 g/mol. The molecule has 92 valence electrons. The first kappa shape index (κ1) is 12.6. The van der Waals surface area contributed by atoms with Crippen molar-refractivity contribution in [2.45, 2.75) is 16.6 Å². The molecule has 1 N–H and O–H groups in total. The second kappa shape index (κ2) is 5.67. The van der Waals surface area contributed by atoms with Gasteiger partial charge in [0.15, 0.2) is 5.16 Å². The van der Waals surface area contributed by atoms with Crippen molar-refractivity contribution >= 4 is 11.8 Å². The number of hydrogen-bond donors (Lipinski definition) is 1. The highest BCUT2D eigenvalue weighted by Crippen LogP contribution is 2.28. The number of nitrogens with one attached hydrogen (secondary N) is 1. The molecule has 0 radical (unpaired) electrons. The van der Waals surface area contributed by atoms with Crippen LogP contribution in [0.25, 0.3) is 0 Å². The molecule has 1 aromatic heterocycles. The lowest BCUT2D eigenvalue weighted by molar-refractivity contribution is 0.788. The van der Waals surface area contributed by atoms with Crippen LogP contribution in [0.5, 0.6) is 0 Å². The Kier molecular flexibility index (Phi) is 3.97. The molecule has 5 nitrogen and oxygen atoms in total. The molecule has 0 spiro atoms. The Hall–Kier alpha value is -1.84. The standard InChI is InChI=1S/C12H13N5S/c1-14-7-9-3-4-11(10(5-9)6-13)18-12-16-15-8-17(12)2/h3-5,8,14H,7H2,1-2H3. The van der Waals surface area contributed by atoms with Crippen LogP contribution in [0.15, 0.2) is 34.6 Å². The van der Waals surface area contributed by atoms with Gasteiger partial charge in [-0.3, -0.25) is 0 Å². The summed E-state index contributed by atoms with van der Waals surface area (Å²) in [5.41, 5.74) is 1.76. The van der Waals surface area contributed by atoms with Gasteiger partial charge in [0.2, 0.25) is 0 Å². The Balaban J connectivity index is 2.28. The molecule has 0 aliphatic carbocycles. The summed E-state index contributed by atoms with van der Waals surface area (Å²) in [5.74, 6) is 0. The van der Waals surface area contributed by atoms with E-state index in [9.17, 15) is 5.26 Å². The molecule has 0 unspecified atom stereocenters. The van der Waals surface area contributed by atoms with E-state index in [0.717, 1.165) is 22.2 Å². The summed E-state index contributed by atoms with van der Waals surface area (Å²) in [6, 6.07) is 8.08. The third-order valence-corrected chi connectivity index (χ3v) is 3.54. The number of aryl methyl sites for hydroxylation is 1. The zero-order valence-electron chi connectivity index (χ0n) is 10.2. The summed E-state index contributed by atoms with van der Waals surface area (Å²) in [5, 5.41) is 20.8. The van der Waals surface area contributed by atoms with Gasteiger partial charge in [0.1, 0.15) is 12.4 Å². The van der Waals surface area contributed by atoms with Crippen LogP contribution in [0, 0.1) is 11.3 Å². The first-order valence-electron chi connectivity index (χ1n) is 5.44. The topological polar surface area (TPSA) is 66.5 Å². The number of hydrogen-bond acceptors (Lipinski definition) is 5. The average Bonchev–Trinajstić information content (AvgIpc) is 2.77. The third-order valence-electron chi connectivity index (χ3n) is 2.42. The first-order chi connectivity index (χ1) is 8.74. The minimum atomic E-state index is 0.663. The molecular formula is C12H13N5S. The van der Waals surface area contributed by atoms with Gasteiger partial charge < -0.3 is 9.88 Å². The molecule has 0 bridgehead atoms.